The van der Waals surface area contributed by atoms with Gasteiger partial charge in [-0.15, -0.1) is 0 Å². The van der Waals surface area contributed by atoms with Crippen molar-refractivity contribution in [2.75, 3.05) is 6.54 Å². The molecule has 0 spiro atoms. The molecule has 0 bridgehead atoms. The molecule has 1 amide bonds. The molecule has 0 aliphatic carbocycles. The largest absolute Gasteiger partial charge is 0.444 e. The van der Waals surface area contributed by atoms with Crippen LogP contribution in [0.15, 0.2) is 12.1 Å². The van der Waals surface area contributed by atoms with Gasteiger partial charge in [0.1, 0.15) is 11.4 Å². The predicted octanol–water partition coefficient (Wildman–Crippen LogP) is 2.92. The van der Waals surface area contributed by atoms with E-state index in [9.17, 15) is 19.3 Å². The Kier molecular flexibility index (Phi) is 5.46. The highest BCUT2D eigenvalue weighted by molar-refractivity contribution is 5.68. The summed E-state index contributed by atoms with van der Waals surface area (Å²) < 4.78 is 18.3. The van der Waals surface area contributed by atoms with Gasteiger partial charge in [0.05, 0.1) is 17.5 Å². The number of nitro benzene ring substituents is 1. The maximum atomic E-state index is 13.3. The molecule has 0 saturated heterocycles. The number of nitro groups is 1. The van der Waals surface area contributed by atoms with Crippen LogP contribution in [0.4, 0.5) is 14.9 Å². The second-order valence-corrected chi connectivity index (χ2v) is 5.51. The number of ether oxygens (including phenoxy) is 1. The summed E-state index contributed by atoms with van der Waals surface area (Å²) in [6.45, 7) is 6.66. The van der Waals surface area contributed by atoms with Crippen molar-refractivity contribution in [1.29, 1.82) is 0 Å². The minimum atomic E-state index is -0.735. The lowest BCUT2D eigenvalue weighted by atomic mass is 10.1. The minimum Gasteiger partial charge on any atom is -0.444 e. The maximum absolute atomic E-state index is 13.3. The van der Waals surface area contributed by atoms with Gasteiger partial charge in [0.25, 0.3) is 5.69 Å². The number of halogens is 1. The number of carbonyl (C=O) groups excluding carboxylic acids is 1. The highest BCUT2D eigenvalue weighted by Gasteiger charge is 2.16. The molecule has 1 aromatic rings. The molecule has 0 heterocycles. The molecular formula is C15H17FN2O4. The Morgan fingerprint density at radius 1 is 1.45 bits per heavy atom. The van der Waals surface area contributed by atoms with Gasteiger partial charge in [0.15, 0.2) is 0 Å². The van der Waals surface area contributed by atoms with E-state index in [0.29, 0.717) is 0 Å². The highest BCUT2D eigenvalue weighted by atomic mass is 19.1. The summed E-state index contributed by atoms with van der Waals surface area (Å²) in [6.07, 6.45) is -0.622. The Morgan fingerprint density at radius 2 is 2.09 bits per heavy atom. The summed E-state index contributed by atoms with van der Waals surface area (Å²) >= 11 is 0. The molecule has 0 unspecified atom stereocenters. The van der Waals surface area contributed by atoms with Crippen molar-refractivity contribution in [2.24, 2.45) is 0 Å². The van der Waals surface area contributed by atoms with Gasteiger partial charge in [-0.05, 0) is 33.8 Å². The first-order chi connectivity index (χ1) is 10.1. The van der Waals surface area contributed by atoms with Crippen LogP contribution in [-0.4, -0.2) is 23.2 Å². The third-order valence-electron chi connectivity index (χ3n) is 2.48. The van der Waals surface area contributed by atoms with E-state index in [0.717, 1.165) is 12.1 Å². The van der Waals surface area contributed by atoms with Crippen LogP contribution in [0.25, 0.3) is 0 Å². The Labute approximate surface area is 127 Å². The molecule has 0 atom stereocenters. The number of carbonyl (C=O) groups is 1. The van der Waals surface area contributed by atoms with Gasteiger partial charge >= 0.3 is 6.09 Å². The summed E-state index contributed by atoms with van der Waals surface area (Å²) in [5, 5.41) is 13.2. The van der Waals surface area contributed by atoms with Gasteiger partial charge in [-0.3, -0.25) is 10.1 Å². The molecule has 0 fully saturated rings. The number of amides is 1. The fraction of sp³-hybridized carbons (Fsp3) is 0.400. The Balaban J connectivity index is 2.77. The molecule has 1 N–H and O–H groups in total. The number of benzene rings is 1. The van der Waals surface area contributed by atoms with Crippen molar-refractivity contribution in [1.82, 2.24) is 5.32 Å². The SMILES string of the molecule is Cc1c(C#CCNC(=O)OC(C)(C)C)cc(F)cc1[N+](=O)[O-]. The van der Waals surface area contributed by atoms with Crippen LogP contribution in [0, 0.1) is 34.7 Å². The van der Waals surface area contributed by atoms with Gasteiger partial charge in [-0.2, -0.15) is 0 Å². The number of hydrogen-bond donors (Lipinski definition) is 1. The number of rotatable bonds is 2. The number of alkyl carbamates (subject to hydrolysis) is 1. The first kappa shape index (κ1) is 17.4. The molecule has 7 heteroatoms. The lowest BCUT2D eigenvalue weighted by Crippen LogP contribution is -2.32. The predicted molar refractivity (Wildman–Crippen MR) is 78.9 cm³/mol. The molecule has 0 saturated carbocycles. The van der Waals surface area contributed by atoms with E-state index in [1.165, 1.54) is 6.92 Å². The number of hydrogen-bond acceptors (Lipinski definition) is 4. The minimum absolute atomic E-state index is 0.0152. The highest BCUT2D eigenvalue weighted by Crippen LogP contribution is 2.22. The van der Waals surface area contributed by atoms with Crippen LogP contribution >= 0.6 is 0 Å². The number of nitrogens with one attached hydrogen (secondary N) is 1. The normalized spacial score (nSPS) is 10.4. The van der Waals surface area contributed by atoms with Crippen LogP contribution in [-0.2, 0) is 4.74 Å². The zero-order chi connectivity index (χ0) is 16.9. The monoisotopic (exact) mass is 308 g/mol. The first-order valence-electron chi connectivity index (χ1n) is 6.50. The van der Waals surface area contributed by atoms with Crippen molar-refractivity contribution in [3.05, 3.63) is 39.2 Å². The Morgan fingerprint density at radius 3 is 2.64 bits per heavy atom. The van der Waals surface area contributed by atoms with E-state index in [4.69, 9.17) is 4.74 Å². The Hall–Kier alpha value is -2.62. The van der Waals surface area contributed by atoms with E-state index in [1.807, 2.05) is 0 Å². The standard InChI is InChI=1S/C15H17FN2O4/c1-10-11(8-12(16)9-13(10)18(20)21)6-5-7-17-14(19)22-15(2,3)4/h8-9H,7H2,1-4H3,(H,17,19). The maximum Gasteiger partial charge on any atom is 0.408 e. The molecule has 0 aromatic heterocycles. The first-order valence-corrected chi connectivity index (χ1v) is 6.50. The molecule has 0 aliphatic rings. The summed E-state index contributed by atoms with van der Waals surface area (Å²) in [5.74, 6) is 4.47. The molecular weight excluding hydrogens is 291 g/mol. The summed E-state index contributed by atoms with van der Waals surface area (Å²) in [4.78, 5) is 21.5. The summed E-state index contributed by atoms with van der Waals surface area (Å²) in [5.41, 5.74) is -0.463. The van der Waals surface area contributed by atoms with Gasteiger partial charge < -0.3 is 10.1 Å². The molecule has 22 heavy (non-hydrogen) atoms. The molecule has 1 aromatic carbocycles. The molecule has 0 radical (unpaired) electrons. The average Bonchev–Trinajstić information content (AvgIpc) is 2.35. The molecule has 1 rings (SSSR count). The fourth-order valence-corrected chi connectivity index (χ4v) is 1.55. The van der Waals surface area contributed by atoms with E-state index >= 15 is 0 Å². The third-order valence-corrected chi connectivity index (χ3v) is 2.48. The Bertz CT molecular complexity index is 654. The molecule has 118 valence electrons. The van der Waals surface area contributed by atoms with E-state index in [-0.39, 0.29) is 23.4 Å². The van der Waals surface area contributed by atoms with Gasteiger partial charge in [-0.25, -0.2) is 9.18 Å². The quantitative estimate of drug-likeness (QED) is 0.517. The summed E-state index contributed by atoms with van der Waals surface area (Å²) in [7, 11) is 0. The van der Waals surface area contributed by atoms with Crippen LogP contribution in [0.2, 0.25) is 0 Å². The van der Waals surface area contributed by atoms with E-state index in [1.54, 1.807) is 20.8 Å². The topological polar surface area (TPSA) is 81.5 Å². The van der Waals surface area contributed by atoms with Gasteiger partial charge in [0, 0.05) is 11.1 Å². The average molecular weight is 308 g/mol. The second-order valence-electron chi connectivity index (χ2n) is 5.51. The fourth-order valence-electron chi connectivity index (χ4n) is 1.55. The lowest BCUT2D eigenvalue weighted by Gasteiger charge is -2.19. The van der Waals surface area contributed by atoms with E-state index < -0.39 is 22.4 Å². The second kappa shape index (κ2) is 6.89. The zero-order valence-electron chi connectivity index (χ0n) is 12.8. The van der Waals surface area contributed by atoms with Gasteiger partial charge in [0.2, 0.25) is 0 Å². The van der Waals surface area contributed by atoms with Crippen molar-refractivity contribution in [2.45, 2.75) is 33.3 Å². The van der Waals surface area contributed by atoms with Gasteiger partial charge in [-0.1, -0.05) is 11.8 Å². The lowest BCUT2D eigenvalue weighted by molar-refractivity contribution is -0.385. The van der Waals surface area contributed by atoms with Crippen molar-refractivity contribution in [3.8, 4) is 11.8 Å². The number of nitrogens with zero attached hydrogens (tertiary/aromatic N) is 1. The van der Waals surface area contributed by atoms with E-state index in [2.05, 4.69) is 17.2 Å². The molecule has 6 nitrogen and oxygen atoms in total. The summed E-state index contributed by atoms with van der Waals surface area (Å²) in [6, 6.07) is 1.96. The van der Waals surface area contributed by atoms with Crippen molar-refractivity contribution in [3.63, 3.8) is 0 Å². The third kappa shape index (κ3) is 5.40. The van der Waals surface area contributed by atoms with Crippen LogP contribution in [0.1, 0.15) is 31.9 Å². The molecule has 0 aliphatic heterocycles. The van der Waals surface area contributed by atoms with Crippen LogP contribution in [0.5, 0.6) is 0 Å². The smallest absolute Gasteiger partial charge is 0.408 e. The zero-order valence-corrected chi connectivity index (χ0v) is 12.8. The van der Waals surface area contributed by atoms with Crippen molar-refractivity contribution < 1.29 is 18.8 Å². The van der Waals surface area contributed by atoms with Crippen LogP contribution < -0.4 is 5.32 Å². The van der Waals surface area contributed by atoms with Crippen LogP contribution in [0.3, 0.4) is 0 Å². The van der Waals surface area contributed by atoms with Crippen molar-refractivity contribution >= 4 is 11.8 Å².